The van der Waals surface area contributed by atoms with E-state index < -0.39 is 0 Å². The van der Waals surface area contributed by atoms with Crippen LogP contribution in [0, 0.1) is 5.92 Å². The fourth-order valence-electron chi connectivity index (χ4n) is 3.14. The summed E-state index contributed by atoms with van der Waals surface area (Å²) in [4.78, 5) is 31.0. The molecule has 0 bridgehead atoms. The Morgan fingerprint density at radius 1 is 1.15 bits per heavy atom. The largest absolute Gasteiger partial charge is 0.368 e. The maximum atomic E-state index is 12.6. The molecule has 3 rings (SSSR count). The number of pyridine rings is 1. The minimum atomic E-state index is -0.176. The van der Waals surface area contributed by atoms with E-state index in [1.807, 2.05) is 18.2 Å². The molecule has 2 amide bonds. The van der Waals surface area contributed by atoms with Crippen molar-refractivity contribution >= 4 is 29.2 Å². The SMILES string of the molecule is O=C(NCCNc1ccccn1)C1CCCN(C(=O)c2ccc(Cl)cc2)C1. The summed E-state index contributed by atoms with van der Waals surface area (Å²) in [5, 5.41) is 6.70. The molecule has 2 heterocycles. The van der Waals surface area contributed by atoms with Crippen LogP contribution in [0.3, 0.4) is 0 Å². The number of carbonyl (C=O) groups excluding carboxylic acids is 2. The Labute approximate surface area is 163 Å². The van der Waals surface area contributed by atoms with Gasteiger partial charge in [0.25, 0.3) is 5.91 Å². The van der Waals surface area contributed by atoms with Crippen molar-refractivity contribution in [2.75, 3.05) is 31.5 Å². The second-order valence-corrected chi connectivity index (χ2v) is 6.97. The summed E-state index contributed by atoms with van der Waals surface area (Å²) in [6, 6.07) is 12.5. The summed E-state index contributed by atoms with van der Waals surface area (Å²) in [5.74, 6) is 0.543. The van der Waals surface area contributed by atoms with E-state index >= 15 is 0 Å². The first-order chi connectivity index (χ1) is 13.1. The number of rotatable bonds is 6. The van der Waals surface area contributed by atoms with Crippen LogP contribution in [0.1, 0.15) is 23.2 Å². The Morgan fingerprint density at radius 3 is 2.70 bits per heavy atom. The first-order valence-electron chi connectivity index (χ1n) is 9.11. The van der Waals surface area contributed by atoms with Crippen molar-refractivity contribution in [2.24, 2.45) is 5.92 Å². The average molecular weight is 387 g/mol. The molecule has 1 aromatic carbocycles. The maximum Gasteiger partial charge on any atom is 0.253 e. The highest BCUT2D eigenvalue weighted by atomic mass is 35.5. The van der Waals surface area contributed by atoms with E-state index in [0.29, 0.717) is 36.8 Å². The van der Waals surface area contributed by atoms with E-state index in [0.717, 1.165) is 18.7 Å². The first-order valence-corrected chi connectivity index (χ1v) is 9.49. The molecular weight excluding hydrogens is 364 g/mol. The summed E-state index contributed by atoms with van der Waals surface area (Å²) in [6.45, 7) is 2.23. The highest BCUT2D eigenvalue weighted by Gasteiger charge is 2.28. The van der Waals surface area contributed by atoms with Crippen molar-refractivity contribution in [1.82, 2.24) is 15.2 Å². The molecule has 2 N–H and O–H groups in total. The van der Waals surface area contributed by atoms with Gasteiger partial charge in [0, 0.05) is 43.0 Å². The molecule has 1 unspecified atom stereocenters. The minimum Gasteiger partial charge on any atom is -0.368 e. The zero-order chi connectivity index (χ0) is 19.1. The summed E-state index contributed by atoms with van der Waals surface area (Å²) in [5.41, 5.74) is 0.597. The van der Waals surface area contributed by atoms with E-state index in [1.165, 1.54) is 0 Å². The van der Waals surface area contributed by atoms with Crippen LogP contribution in [0.2, 0.25) is 5.02 Å². The van der Waals surface area contributed by atoms with Crippen LogP contribution < -0.4 is 10.6 Å². The van der Waals surface area contributed by atoms with Crippen LogP contribution >= 0.6 is 11.6 Å². The van der Waals surface area contributed by atoms with Gasteiger partial charge in [0.05, 0.1) is 5.92 Å². The van der Waals surface area contributed by atoms with Gasteiger partial charge in [-0.2, -0.15) is 0 Å². The zero-order valence-corrected chi connectivity index (χ0v) is 15.8. The Bertz CT molecular complexity index is 767. The van der Waals surface area contributed by atoms with Crippen molar-refractivity contribution < 1.29 is 9.59 Å². The Kier molecular flexibility index (Phi) is 6.65. The summed E-state index contributed by atoms with van der Waals surface area (Å²) < 4.78 is 0. The van der Waals surface area contributed by atoms with Gasteiger partial charge in [0.2, 0.25) is 5.91 Å². The van der Waals surface area contributed by atoms with Gasteiger partial charge in [0.1, 0.15) is 5.82 Å². The highest BCUT2D eigenvalue weighted by Crippen LogP contribution is 2.19. The molecular formula is C20H23ClN4O2. The van der Waals surface area contributed by atoms with Gasteiger partial charge in [-0.1, -0.05) is 17.7 Å². The molecule has 1 fully saturated rings. The Hall–Kier alpha value is -2.60. The highest BCUT2D eigenvalue weighted by molar-refractivity contribution is 6.30. The monoisotopic (exact) mass is 386 g/mol. The number of aromatic nitrogens is 1. The van der Waals surface area contributed by atoms with Crippen LogP contribution in [0.25, 0.3) is 0 Å². The molecule has 0 saturated carbocycles. The normalized spacial score (nSPS) is 16.6. The third-order valence-electron chi connectivity index (χ3n) is 4.57. The van der Waals surface area contributed by atoms with E-state index in [9.17, 15) is 9.59 Å². The van der Waals surface area contributed by atoms with Gasteiger partial charge in [-0.05, 0) is 49.2 Å². The number of carbonyl (C=O) groups is 2. The molecule has 6 nitrogen and oxygen atoms in total. The fraction of sp³-hybridized carbons (Fsp3) is 0.350. The van der Waals surface area contributed by atoms with Gasteiger partial charge in [-0.25, -0.2) is 4.98 Å². The van der Waals surface area contributed by atoms with Crippen molar-refractivity contribution in [3.05, 3.63) is 59.2 Å². The van der Waals surface area contributed by atoms with Gasteiger partial charge < -0.3 is 15.5 Å². The van der Waals surface area contributed by atoms with Crippen LogP contribution in [0.15, 0.2) is 48.7 Å². The number of halogens is 1. The standard InChI is InChI=1S/C20H23ClN4O2/c21-17-8-6-15(7-9-17)20(27)25-13-3-4-16(14-25)19(26)24-12-11-23-18-5-1-2-10-22-18/h1-2,5-10,16H,3-4,11-14H2,(H,22,23)(H,24,26). The maximum absolute atomic E-state index is 12.6. The van der Waals surface area contributed by atoms with Crippen molar-refractivity contribution in [3.8, 4) is 0 Å². The number of amides is 2. The smallest absolute Gasteiger partial charge is 0.253 e. The number of hydrogen-bond donors (Lipinski definition) is 2. The molecule has 1 aliphatic rings. The third kappa shape index (κ3) is 5.44. The lowest BCUT2D eigenvalue weighted by Crippen LogP contribution is -2.46. The first kappa shape index (κ1) is 19.2. The van der Waals surface area contributed by atoms with Crippen molar-refractivity contribution in [1.29, 1.82) is 0 Å². The number of benzene rings is 1. The van der Waals surface area contributed by atoms with Gasteiger partial charge >= 0.3 is 0 Å². The molecule has 0 radical (unpaired) electrons. The lowest BCUT2D eigenvalue weighted by molar-refractivity contribution is -0.126. The molecule has 1 aliphatic heterocycles. The number of hydrogen-bond acceptors (Lipinski definition) is 4. The van der Waals surface area contributed by atoms with Gasteiger partial charge in [0.15, 0.2) is 0 Å². The predicted molar refractivity (Wildman–Crippen MR) is 106 cm³/mol. The molecule has 27 heavy (non-hydrogen) atoms. The molecule has 0 spiro atoms. The van der Waals surface area contributed by atoms with Crippen LogP contribution in [0.5, 0.6) is 0 Å². The molecule has 1 saturated heterocycles. The molecule has 1 atom stereocenters. The van der Waals surface area contributed by atoms with Crippen LogP contribution in [-0.2, 0) is 4.79 Å². The summed E-state index contributed by atoms with van der Waals surface area (Å²) >= 11 is 5.88. The Balaban J connectivity index is 1.46. The van der Waals surface area contributed by atoms with Crippen LogP contribution in [-0.4, -0.2) is 47.9 Å². The molecule has 7 heteroatoms. The van der Waals surface area contributed by atoms with Gasteiger partial charge in [-0.15, -0.1) is 0 Å². The topological polar surface area (TPSA) is 74.3 Å². The number of nitrogens with one attached hydrogen (secondary N) is 2. The quantitative estimate of drug-likeness (QED) is 0.748. The summed E-state index contributed by atoms with van der Waals surface area (Å²) in [6.07, 6.45) is 3.34. The average Bonchev–Trinajstić information content (AvgIpc) is 2.72. The number of piperidine rings is 1. The molecule has 0 aliphatic carbocycles. The predicted octanol–water partition coefficient (Wildman–Crippen LogP) is 2.82. The van der Waals surface area contributed by atoms with Crippen molar-refractivity contribution in [2.45, 2.75) is 12.8 Å². The number of anilines is 1. The van der Waals surface area contributed by atoms with E-state index in [4.69, 9.17) is 11.6 Å². The van der Waals surface area contributed by atoms with E-state index in [-0.39, 0.29) is 17.7 Å². The Morgan fingerprint density at radius 2 is 1.96 bits per heavy atom. The van der Waals surface area contributed by atoms with E-state index in [2.05, 4.69) is 15.6 Å². The third-order valence-corrected chi connectivity index (χ3v) is 4.82. The lowest BCUT2D eigenvalue weighted by Gasteiger charge is -2.32. The van der Waals surface area contributed by atoms with Gasteiger partial charge in [-0.3, -0.25) is 9.59 Å². The number of nitrogens with zero attached hydrogens (tertiary/aromatic N) is 2. The van der Waals surface area contributed by atoms with Crippen molar-refractivity contribution in [3.63, 3.8) is 0 Å². The second-order valence-electron chi connectivity index (χ2n) is 6.53. The molecule has 142 valence electrons. The fourth-order valence-corrected chi connectivity index (χ4v) is 3.26. The molecule has 1 aromatic heterocycles. The zero-order valence-electron chi connectivity index (χ0n) is 15.0. The lowest BCUT2D eigenvalue weighted by atomic mass is 9.96. The second kappa shape index (κ2) is 9.37. The minimum absolute atomic E-state index is 0.00794. The molecule has 2 aromatic rings. The van der Waals surface area contributed by atoms with Crippen LogP contribution in [0.4, 0.5) is 5.82 Å². The summed E-state index contributed by atoms with van der Waals surface area (Å²) in [7, 11) is 0. The number of likely N-dealkylation sites (tertiary alicyclic amines) is 1. The van der Waals surface area contributed by atoms with E-state index in [1.54, 1.807) is 35.4 Å².